The summed E-state index contributed by atoms with van der Waals surface area (Å²) in [7, 11) is 1.74. The normalized spacial score (nSPS) is 15.0. The number of hydrogen-bond acceptors (Lipinski definition) is 3. The molecule has 0 bridgehead atoms. The Morgan fingerprint density at radius 3 is 2.52 bits per heavy atom. The number of alkyl halides is 3. The van der Waals surface area contributed by atoms with Gasteiger partial charge in [0.25, 0.3) is 5.91 Å². The van der Waals surface area contributed by atoms with Crippen LogP contribution in [0.3, 0.4) is 0 Å². The maximum absolute atomic E-state index is 13.9. The topological polar surface area (TPSA) is 46.1 Å². The lowest BCUT2D eigenvalue weighted by Gasteiger charge is -2.26. The van der Waals surface area contributed by atoms with E-state index in [0.29, 0.717) is 41.5 Å². The van der Waals surface area contributed by atoms with E-state index in [1.807, 2.05) is 0 Å². The van der Waals surface area contributed by atoms with E-state index in [-0.39, 0.29) is 11.5 Å². The lowest BCUT2D eigenvalue weighted by molar-refractivity contribution is -0.137. The molecule has 1 aliphatic heterocycles. The molecule has 1 amide bonds. The Hall–Kier alpha value is -3.29. The average molecular weight is 429 g/mol. The van der Waals surface area contributed by atoms with Crippen molar-refractivity contribution in [3.8, 4) is 11.4 Å². The summed E-state index contributed by atoms with van der Waals surface area (Å²) in [6.07, 6.45) is -0.915. The predicted molar refractivity (Wildman–Crippen MR) is 107 cm³/mol. The average Bonchev–Trinajstić information content (AvgIpc) is 2.74. The summed E-state index contributed by atoms with van der Waals surface area (Å²) in [5.74, 6) is -1.54. The SMILES string of the molecule is C[C@H](c1cc(F)cc(C(F)(F)F)c1)c1ccnc(-c2nccc3c2CCN(C)C3=O)c1. The molecule has 160 valence electrons. The highest BCUT2D eigenvalue weighted by Gasteiger charge is 2.32. The minimum absolute atomic E-state index is 0.0890. The van der Waals surface area contributed by atoms with E-state index in [4.69, 9.17) is 0 Å². The van der Waals surface area contributed by atoms with Crippen molar-refractivity contribution in [2.75, 3.05) is 13.6 Å². The van der Waals surface area contributed by atoms with Gasteiger partial charge in [0.2, 0.25) is 0 Å². The van der Waals surface area contributed by atoms with E-state index in [2.05, 4.69) is 9.97 Å². The number of halogens is 4. The van der Waals surface area contributed by atoms with Crippen LogP contribution >= 0.6 is 0 Å². The Labute approximate surface area is 176 Å². The number of benzene rings is 1. The highest BCUT2D eigenvalue weighted by Crippen LogP contribution is 2.35. The standard InChI is InChI=1S/C23H19F4N3O/c1-13(15-9-16(23(25,26)27)12-17(24)10-15)14-3-6-28-20(11-14)21-18-5-8-30(2)22(31)19(18)4-7-29-21/h3-4,6-7,9-13H,5,8H2,1-2H3/t13-/m0/s1. The second-order valence-electron chi connectivity index (χ2n) is 7.63. The van der Waals surface area contributed by atoms with Gasteiger partial charge in [-0.25, -0.2) is 4.39 Å². The number of hydrogen-bond donors (Lipinski definition) is 0. The molecule has 31 heavy (non-hydrogen) atoms. The van der Waals surface area contributed by atoms with Crippen molar-refractivity contribution in [2.24, 2.45) is 0 Å². The summed E-state index contributed by atoms with van der Waals surface area (Å²) in [6.45, 7) is 2.27. The molecule has 0 N–H and O–H groups in total. The Morgan fingerprint density at radius 2 is 1.77 bits per heavy atom. The van der Waals surface area contributed by atoms with Gasteiger partial charge in [-0.05, 0) is 59.5 Å². The van der Waals surface area contributed by atoms with Gasteiger partial charge in [-0.15, -0.1) is 0 Å². The molecule has 0 saturated heterocycles. The minimum Gasteiger partial charge on any atom is -0.341 e. The van der Waals surface area contributed by atoms with E-state index in [1.165, 1.54) is 0 Å². The van der Waals surface area contributed by atoms with Gasteiger partial charge in [0.05, 0.1) is 17.0 Å². The molecule has 3 aromatic rings. The molecule has 0 unspecified atom stereocenters. The van der Waals surface area contributed by atoms with Crippen molar-refractivity contribution >= 4 is 5.91 Å². The number of carbonyl (C=O) groups excluding carboxylic acids is 1. The van der Waals surface area contributed by atoms with Crippen LogP contribution in [0.2, 0.25) is 0 Å². The lowest BCUT2D eigenvalue weighted by atomic mass is 9.90. The van der Waals surface area contributed by atoms with Crippen LogP contribution in [0, 0.1) is 5.82 Å². The molecule has 1 aromatic carbocycles. The molecular formula is C23H19F4N3O. The molecule has 4 nitrogen and oxygen atoms in total. The third kappa shape index (κ3) is 4.02. The Bertz CT molecular complexity index is 1160. The van der Waals surface area contributed by atoms with Gasteiger partial charge < -0.3 is 4.90 Å². The van der Waals surface area contributed by atoms with Crippen molar-refractivity contribution in [2.45, 2.75) is 25.4 Å². The van der Waals surface area contributed by atoms with Crippen molar-refractivity contribution in [3.63, 3.8) is 0 Å². The predicted octanol–water partition coefficient (Wildman–Crippen LogP) is 5.08. The van der Waals surface area contributed by atoms with Crippen molar-refractivity contribution in [1.29, 1.82) is 0 Å². The summed E-state index contributed by atoms with van der Waals surface area (Å²) < 4.78 is 53.2. The van der Waals surface area contributed by atoms with E-state index in [9.17, 15) is 22.4 Å². The smallest absolute Gasteiger partial charge is 0.341 e. The molecule has 1 aliphatic rings. The number of likely N-dealkylation sites (N-methyl/N-ethyl adjacent to an activating group) is 1. The monoisotopic (exact) mass is 429 g/mol. The second kappa shape index (κ2) is 7.76. The van der Waals surface area contributed by atoms with Crippen LogP contribution in [0.25, 0.3) is 11.4 Å². The minimum atomic E-state index is -4.63. The zero-order valence-corrected chi connectivity index (χ0v) is 16.9. The lowest BCUT2D eigenvalue weighted by Crippen LogP contribution is -2.34. The largest absolute Gasteiger partial charge is 0.416 e. The zero-order chi connectivity index (χ0) is 22.3. The summed E-state index contributed by atoms with van der Waals surface area (Å²) in [4.78, 5) is 22.9. The van der Waals surface area contributed by atoms with Crippen molar-refractivity contribution in [3.05, 3.63) is 82.4 Å². The quantitative estimate of drug-likeness (QED) is 0.546. The summed E-state index contributed by atoms with van der Waals surface area (Å²) in [5, 5.41) is 0. The summed E-state index contributed by atoms with van der Waals surface area (Å²) in [6, 6.07) is 7.65. The van der Waals surface area contributed by atoms with Crippen LogP contribution in [0.15, 0.2) is 48.8 Å². The molecule has 1 atom stereocenters. The van der Waals surface area contributed by atoms with Crippen LogP contribution in [-0.2, 0) is 12.6 Å². The first kappa shape index (κ1) is 21.0. The van der Waals surface area contributed by atoms with Crippen LogP contribution in [0.1, 0.15) is 45.5 Å². The molecule has 0 radical (unpaired) electrons. The first-order valence-electron chi connectivity index (χ1n) is 9.72. The molecule has 0 saturated carbocycles. The Balaban J connectivity index is 1.74. The van der Waals surface area contributed by atoms with Crippen molar-refractivity contribution in [1.82, 2.24) is 14.9 Å². The number of pyridine rings is 2. The number of nitrogens with zero attached hydrogens (tertiary/aromatic N) is 3. The van der Waals surface area contributed by atoms with E-state index in [1.54, 1.807) is 49.5 Å². The van der Waals surface area contributed by atoms with Crippen LogP contribution in [-0.4, -0.2) is 34.4 Å². The number of aromatic nitrogens is 2. The Morgan fingerprint density at radius 1 is 1.03 bits per heavy atom. The van der Waals surface area contributed by atoms with Gasteiger partial charge in [0.15, 0.2) is 0 Å². The van der Waals surface area contributed by atoms with Crippen LogP contribution < -0.4 is 0 Å². The number of carbonyl (C=O) groups is 1. The second-order valence-corrected chi connectivity index (χ2v) is 7.63. The highest BCUT2D eigenvalue weighted by atomic mass is 19.4. The van der Waals surface area contributed by atoms with E-state index < -0.39 is 23.5 Å². The van der Waals surface area contributed by atoms with Gasteiger partial charge in [-0.3, -0.25) is 14.8 Å². The third-order valence-corrected chi connectivity index (χ3v) is 5.60. The molecular weight excluding hydrogens is 410 g/mol. The number of rotatable bonds is 3. The maximum atomic E-state index is 13.9. The molecule has 4 rings (SSSR count). The zero-order valence-electron chi connectivity index (χ0n) is 16.9. The first-order chi connectivity index (χ1) is 14.6. The number of amides is 1. The van der Waals surface area contributed by atoms with Crippen LogP contribution in [0.4, 0.5) is 17.6 Å². The van der Waals surface area contributed by atoms with Gasteiger partial charge >= 0.3 is 6.18 Å². The third-order valence-electron chi connectivity index (χ3n) is 5.60. The fraction of sp³-hybridized carbons (Fsp3) is 0.261. The van der Waals surface area contributed by atoms with Gasteiger partial charge in [-0.1, -0.05) is 6.92 Å². The fourth-order valence-corrected chi connectivity index (χ4v) is 3.82. The Kier molecular flexibility index (Phi) is 5.24. The first-order valence-corrected chi connectivity index (χ1v) is 9.72. The molecule has 0 aliphatic carbocycles. The van der Waals surface area contributed by atoms with Gasteiger partial charge in [-0.2, -0.15) is 13.2 Å². The fourth-order valence-electron chi connectivity index (χ4n) is 3.82. The molecule has 0 spiro atoms. The van der Waals surface area contributed by atoms with E-state index in [0.717, 1.165) is 17.7 Å². The van der Waals surface area contributed by atoms with Gasteiger partial charge in [0, 0.05) is 37.5 Å². The van der Waals surface area contributed by atoms with E-state index >= 15 is 0 Å². The van der Waals surface area contributed by atoms with Crippen molar-refractivity contribution < 1.29 is 22.4 Å². The summed E-state index contributed by atoms with van der Waals surface area (Å²) in [5.41, 5.74) is 2.32. The molecule has 8 heteroatoms. The maximum Gasteiger partial charge on any atom is 0.416 e. The highest BCUT2D eigenvalue weighted by molar-refractivity contribution is 5.98. The van der Waals surface area contributed by atoms with Gasteiger partial charge in [0.1, 0.15) is 5.82 Å². The summed E-state index contributed by atoms with van der Waals surface area (Å²) >= 11 is 0. The number of fused-ring (bicyclic) bond motifs is 1. The van der Waals surface area contributed by atoms with Crippen LogP contribution in [0.5, 0.6) is 0 Å². The molecule has 3 heterocycles. The molecule has 2 aromatic heterocycles. The molecule has 0 fully saturated rings.